The topological polar surface area (TPSA) is 88.7 Å². The van der Waals surface area contributed by atoms with Crippen molar-refractivity contribution in [1.82, 2.24) is 10.1 Å². The van der Waals surface area contributed by atoms with E-state index in [2.05, 4.69) is 10.1 Å². The Morgan fingerprint density at radius 1 is 1.19 bits per heavy atom. The summed E-state index contributed by atoms with van der Waals surface area (Å²) in [6.07, 6.45) is 5.15. The van der Waals surface area contributed by atoms with Gasteiger partial charge in [0.05, 0.1) is 28.3 Å². The van der Waals surface area contributed by atoms with Crippen LogP contribution in [0.5, 0.6) is 0 Å². The molecule has 1 N–H and O–H groups in total. The molecule has 188 valence electrons. The Kier molecular flexibility index (Phi) is 6.14. The summed E-state index contributed by atoms with van der Waals surface area (Å²) in [6.45, 7) is 1.71. The zero-order valence-corrected chi connectivity index (χ0v) is 20.8. The van der Waals surface area contributed by atoms with Crippen LogP contribution in [-0.2, 0) is 11.3 Å². The van der Waals surface area contributed by atoms with Gasteiger partial charge in [0.1, 0.15) is 11.5 Å². The Labute approximate surface area is 217 Å². The first-order valence-corrected chi connectivity index (χ1v) is 12.8. The fraction of sp³-hybridized carbons (Fsp3) is 0.423. The van der Waals surface area contributed by atoms with Crippen LogP contribution in [0.3, 0.4) is 0 Å². The summed E-state index contributed by atoms with van der Waals surface area (Å²) in [4.78, 5) is 17.1. The number of hydrogen-bond acceptors (Lipinski definition) is 6. The lowest BCUT2D eigenvalue weighted by Gasteiger charge is -2.21. The second-order valence-electron chi connectivity index (χ2n) is 9.91. The molecule has 0 spiro atoms. The van der Waals surface area contributed by atoms with E-state index in [-0.39, 0.29) is 17.5 Å². The average molecular weight is 532 g/mol. The number of carboxylic acid groups (broad SMARTS) is 1. The first-order chi connectivity index (χ1) is 17.4. The minimum absolute atomic E-state index is 0.0749. The Balaban J connectivity index is 1.13. The molecule has 3 heterocycles. The van der Waals surface area contributed by atoms with Gasteiger partial charge in [-0.05, 0) is 55.7 Å². The minimum Gasteiger partial charge on any atom is -0.478 e. The number of ether oxygens (including phenoxy) is 1. The van der Waals surface area contributed by atoms with Gasteiger partial charge < -0.3 is 19.3 Å². The zero-order valence-electron chi connectivity index (χ0n) is 19.3. The van der Waals surface area contributed by atoms with Crippen LogP contribution in [0.15, 0.2) is 35.0 Å². The Hall–Kier alpha value is -2.68. The number of aromatic carboxylic acids is 1. The number of aromatic nitrogens is 2. The van der Waals surface area contributed by atoms with Crippen LogP contribution in [0, 0.1) is 17.7 Å². The van der Waals surface area contributed by atoms with Crippen LogP contribution in [0.2, 0.25) is 10.0 Å². The average Bonchev–Trinajstić information content (AvgIpc) is 3.31. The molecule has 1 saturated heterocycles. The third-order valence-corrected chi connectivity index (χ3v) is 8.14. The molecule has 10 heteroatoms. The molecule has 6 rings (SSSR count). The zero-order chi connectivity index (χ0) is 25.0. The number of carbonyl (C=O) groups is 1. The van der Waals surface area contributed by atoms with Crippen LogP contribution in [-0.4, -0.2) is 40.4 Å². The Morgan fingerprint density at radius 3 is 2.50 bits per heavy atom. The lowest BCUT2D eigenvalue weighted by atomic mass is 10.0. The summed E-state index contributed by atoms with van der Waals surface area (Å²) in [5, 5.41) is 14.4. The molecular formula is C26H24Cl2FN3O4. The monoisotopic (exact) mass is 531 g/mol. The maximum atomic E-state index is 14.5. The number of hydrogen-bond donors (Lipinski definition) is 1. The third kappa shape index (κ3) is 4.35. The highest BCUT2D eigenvalue weighted by Crippen LogP contribution is 2.47. The van der Waals surface area contributed by atoms with Crippen LogP contribution >= 0.6 is 23.2 Å². The van der Waals surface area contributed by atoms with Gasteiger partial charge in [-0.25, -0.2) is 14.2 Å². The summed E-state index contributed by atoms with van der Waals surface area (Å²) in [7, 11) is 0. The lowest BCUT2D eigenvalue weighted by molar-refractivity contribution is 0.0402. The van der Waals surface area contributed by atoms with Crippen molar-refractivity contribution < 1.29 is 23.6 Å². The highest BCUT2D eigenvalue weighted by Gasteiger charge is 2.43. The van der Waals surface area contributed by atoms with Crippen LogP contribution < -0.4 is 4.90 Å². The molecule has 1 aromatic carbocycles. The van der Waals surface area contributed by atoms with Crippen LogP contribution in [0.25, 0.3) is 11.3 Å². The van der Waals surface area contributed by atoms with Gasteiger partial charge in [-0.1, -0.05) is 34.4 Å². The second-order valence-corrected chi connectivity index (χ2v) is 10.7. The number of pyridine rings is 1. The number of nitrogens with zero attached hydrogens (tertiary/aromatic N) is 3. The molecule has 2 saturated carbocycles. The number of benzene rings is 1. The van der Waals surface area contributed by atoms with Gasteiger partial charge in [0.25, 0.3) is 0 Å². The van der Waals surface area contributed by atoms with E-state index in [1.165, 1.54) is 6.20 Å². The number of halogens is 3. The van der Waals surface area contributed by atoms with E-state index in [9.17, 15) is 9.18 Å². The van der Waals surface area contributed by atoms with Crippen molar-refractivity contribution in [2.24, 2.45) is 11.8 Å². The van der Waals surface area contributed by atoms with Crippen LogP contribution in [0.1, 0.15) is 53.3 Å². The van der Waals surface area contributed by atoms with E-state index < -0.39 is 11.8 Å². The maximum Gasteiger partial charge on any atom is 0.337 e. The molecule has 0 unspecified atom stereocenters. The van der Waals surface area contributed by atoms with Crippen molar-refractivity contribution in [2.45, 2.75) is 44.3 Å². The van der Waals surface area contributed by atoms with Crippen molar-refractivity contribution in [3.8, 4) is 11.3 Å². The van der Waals surface area contributed by atoms with Crippen molar-refractivity contribution in [3.63, 3.8) is 0 Å². The summed E-state index contributed by atoms with van der Waals surface area (Å²) in [6, 6.07) is 6.41. The summed E-state index contributed by atoms with van der Waals surface area (Å²) in [5.41, 5.74) is 2.07. The van der Waals surface area contributed by atoms with Gasteiger partial charge in [-0.2, -0.15) is 0 Å². The smallest absolute Gasteiger partial charge is 0.337 e. The normalized spacial score (nSPS) is 23.3. The Bertz CT molecular complexity index is 1290. The molecule has 3 aliphatic rings. The first kappa shape index (κ1) is 23.7. The molecule has 7 nitrogen and oxygen atoms in total. The van der Waals surface area contributed by atoms with E-state index in [4.69, 9.17) is 37.6 Å². The van der Waals surface area contributed by atoms with Crippen molar-refractivity contribution in [1.29, 1.82) is 0 Å². The minimum atomic E-state index is -1.19. The number of anilines is 1. The first-order valence-electron chi connectivity index (χ1n) is 12.1. The molecule has 2 aliphatic carbocycles. The third-order valence-electron chi connectivity index (χ3n) is 7.51. The quantitative estimate of drug-likeness (QED) is 0.388. The van der Waals surface area contributed by atoms with Crippen molar-refractivity contribution in [3.05, 3.63) is 63.2 Å². The van der Waals surface area contributed by atoms with Gasteiger partial charge >= 0.3 is 5.97 Å². The molecule has 0 bridgehead atoms. The summed E-state index contributed by atoms with van der Waals surface area (Å²) in [5.74, 6) is 0.356. The molecule has 3 aromatic rings. The maximum absolute atomic E-state index is 14.5. The molecular weight excluding hydrogens is 508 g/mol. The lowest BCUT2D eigenvalue weighted by Crippen LogP contribution is -2.25. The SMILES string of the molecule is O=C(O)c1cnc(N2C[C@H]3C[C@H](OCc4c(-c5c(Cl)cccc5Cl)noc4C4CC4)C[C@H]3C2)c(F)c1. The van der Waals surface area contributed by atoms with E-state index in [1.807, 2.05) is 4.90 Å². The highest BCUT2D eigenvalue weighted by atomic mass is 35.5. The van der Waals surface area contributed by atoms with Gasteiger partial charge in [0.15, 0.2) is 11.6 Å². The number of rotatable bonds is 7. The van der Waals surface area contributed by atoms with Crippen LogP contribution in [0.4, 0.5) is 10.2 Å². The molecule has 3 atom stereocenters. The standard InChI is InChI=1S/C26H24Cl2FN3O4/c27-19-2-1-3-20(28)22(19)23-18(24(36-31-23)13-4-5-13)12-35-17-6-15-10-32(11-16(15)7-17)25-21(29)8-14(9-30-25)26(33)34/h1-3,8-9,13,15-17H,4-7,10-12H2,(H,33,34)/t15-,16+,17+. The number of fused-ring (bicyclic) bond motifs is 1. The van der Waals surface area contributed by atoms with E-state index in [0.717, 1.165) is 43.1 Å². The van der Waals surface area contributed by atoms with E-state index in [1.54, 1.807) is 18.2 Å². The fourth-order valence-electron chi connectivity index (χ4n) is 5.58. The Morgan fingerprint density at radius 2 is 1.89 bits per heavy atom. The highest BCUT2D eigenvalue weighted by molar-refractivity contribution is 6.39. The fourth-order valence-corrected chi connectivity index (χ4v) is 6.16. The second kappa shape index (κ2) is 9.32. The summed E-state index contributed by atoms with van der Waals surface area (Å²) >= 11 is 12.9. The largest absolute Gasteiger partial charge is 0.478 e. The molecule has 1 aliphatic heterocycles. The molecule has 2 aromatic heterocycles. The van der Waals surface area contributed by atoms with Gasteiger partial charge in [-0.3, -0.25) is 0 Å². The number of carboxylic acids is 1. The molecule has 3 fully saturated rings. The van der Waals surface area contributed by atoms with E-state index >= 15 is 0 Å². The van der Waals surface area contributed by atoms with Gasteiger partial charge in [0.2, 0.25) is 0 Å². The molecule has 0 radical (unpaired) electrons. The van der Waals surface area contributed by atoms with Crippen molar-refractivity contribution >= 4 is 35.0 Å². The predicted octanol–water partition coefficient (Wildman–Crippen LogP) is 6.19. The summed E-state index contributed by atoms with van der Waals surface area (Å²) < 4.78 is 26.6. The van der Waals surface area contributed by atoms with Crippen molar-refractivity contribution in [2.75, 3.05) is 18.0 Å². The van der Waals surface area contributed by atoms with E-state index in [0.29, 0.717) is 58.8 Å². The van der Waals surface area contributed by atoms with Gasteiger partial charge in [-0.15, -0.1) is 0 Å². The predicted molar refractivity (Wildman–Crippen MR) is 132 cm³/mol. The molecule has 36 heavy (non-hydrogen) atoms. The molecule has 0 amide bonds. The van der Waals surface area contributed by atoms with Gasteiger partial charge in [0, 0.05) is 36.3 Å².